The van der Waals surface area contributed by atoms with E-state index in [1.165, 1.54) is 6.07 Å². The molecule has 0 heterocycles. The highest BCUT2D eigenvalue weighted by Gasteiger charge is 2.12. The first-order chi connectivity index (χ1) is 7.15. The van der Waals surface area contributed by atoms with Crippen molar-refractivity contribution in [1.82, 2.24) is 0 Å². The second kappa shape index (κ2) is 6.20. The third-order valence-electron chi connectivity index (χ3n) is 2.14. The van der Waals surface area contributed by atoms with E-state index in [2.05, 4.69) is 15.9 Å². The van der Waals surface area contributed by atoms with E-state index in [9.17, 15) is 9.50 Å². The van der Waals surface area contributed by atoms with E-state index in [0.717, 1.165) is 4.47 Å². The molecule has 1 N–H and O–H groups in total. The fourth-order valence-electron chi connectivity index (χ4n) is 1.35. The smallest absolute Gasteiger partial charge is 0.129 e. The van der Waals surface area contributed by atoms with Gasteiger partial charge in [0, 0.05) is 23.8 Å². The van der Waals surface area contributed by atoms with Gasteiger partial charge in [-0.05, 0) is 31.0 Å². The average Bonchev–Trinajstić information content (AvgIpc) is 2.22. The summed E-state index contributed by atoms with van der Waals surface area (Å²) >= 11 is 3.24. The summed E-state index contributed by atoms with van der Waals surface area (Å²) in [6.07, 6.45) is 0.447. The Balaban J connectivity index is 2.64. The van der Waals surface area contributed by atoms with Gasteiger partial charge in [-0.25, -0.2) is 4.39 Å². The lowest BCUT2D eigenvalue weighted by atomic mass is 10.0. The first kappa shape index (κ1) is 12.6. The molecule has 0 aliphatic carbocycles. The Morgan fingerprint density at radius 2 is 2.27 bits per heavy atom. The van der Waals surface area contributed by atoms with Crippen LogP contribution >= 0.6 is 15.9 Å². The maximum absolute atomic E-state index is 13.3. The maximum Gasteiger partial charge on any atom is 0.129 e. The first-order valence-corrected chi connectivity index (χ1v) is 5.56. The first-order valence-electron chi connectivity index (χ1n) is 4.77. The highest BCUT2D eigenvalue weighted by atomic mass is 79.9. The Hall–Kier alpha value is -0.450. The van der Waals surface area contributed by atoms with Crippen LogP contribution in [0.1, 0.15) is 24.5 Å². The van der Waals surface area contributed by atoms with Crippen LogP contribution in [0.25, 0.3) is 0 Å². The molecule has 0 radical (unpaired) electrons. The van der Waals surface area contributed by atoms with Gasteiger partial charge < -0.3 is 9.84 Å². The summed E-state index contributed by atoms with van der Waals surface area (Å²) in [5.74, 6) is -0.372. The van der Waals surface area contributed by atoms with Crippen molar-refractivity contribution in [3.8, 4) is 0 Å². The van der Waals surface area contributed by atoms with Crippen LogP contribution in [0.5, 0.6) is 0 Å². The number of aliphatic hydroxyl groups is 1. The normalized spacial score (nSPS) is 12.8. The largest absolute Gasteiger partial charge is 0.388 e. The van der Waals surface area contributed by atoms with Crippen molar-refractivity contribution < 1.29 is 14.2 Å². The molecule has 0 spiro atoms. The molecule has 4 heteroatoms. The van der Waals surface area contributed by atoms with Gasteiger partial charge in [0.1, 0.15) is 5.82 Å². The summed E-state index contributed by atoms with van der Waals surface area (Å²) in [5.41, 5.74) is 0.334. The van der Waals surface area contributed by atoms with E-state index < -0.39 is 6.10 Å². The summed E-state index contributed by atoms with van der Waals surface area (Å²) in [5, 5.41) is 9.74. The number of ether oxygens (including phenoxy) is 1. The molecular weight excluding hydrogens is 263 g/mol. The minimum absolute atomic E-state index is 0.334. The predicted molar refractivity (Wildman–Crippen MR) is 60.2 cm³/mol. The van der Waals surface area contributed by atoms with Gasteiger partial charge in [-0.1, -0.05) is 15.9 Å². The summed E-state index contributed by atoms with van der Waals surface area (Å²) in [4.78, 5) is 0. The lowest BCUT2D eigenvalue weighted by Crippen LogP contribution is -2.02. The zero-order chi connectivity index (χ0) is 11.3. The minimum Gasteiger partial charge on any atom is -0.388 e. The van der Waals surface area contributed by atoms with Crippen LogP contribution < -0.4 is 0 Å². The molecule has 0 saturated heterocycles. The number of hydrogen-bond acceptors (Lipinski definition) is 2. The molecule has 0 saturated carbocycles. The molecule has 0 aromatic heterocycles. The Labute approximate surface area is 97.2 Å². The van der Waals surface area contributed by atoms with Crippen molar-refractivity contribution in [3.63, 3.8) is 0 Å². The van der Waals surface area contributed by atoms with Gasteiger partial charge in [0.15, 0.2) is 0 Å². The van der Waals surface area contributed by atoms with Crippen LogP contribution in [0.4, 0.5) is 4.39 Å². The highest BCUT2D eigenvalue weighted by molar-refractivity contribution is 9.10. The molecule has 1 aromatic carbocycles. The van der Waals surface area contributed by atoms with Crippen LogP contribution in [-0.2, 0) is 4.74 Å². The summed E-state index contributed by atoms with van der Waals surface area (Å²) in [6.45, 7) is 0.576. The molecule has 15 heavy (non-hydrogen) atoms. The Kier molecular flexibility index (Phi) is 5.22. The van der Waals surface area contributed by atoms with Gasteiger partial charge in [-0.15, -0.1) is 0 Å². The zero-order valence-electron chi connectivity index (χ0n) is 8.54. The van der Waals surface area contributed by atoms with E-state index >= 15 is 0 Å². The number of aliphatic hydroxyl groups excluding tert-OH is 1. The summed E-state index contributed by atoms with van der Waals surface area (Å²) in [6, 6.07) is 4.56. The van der Waals surface area contributed by atoms with E-state index in [1.807, 2.05) is 0 Å². The van der Waals surface area contributed by atoms with Crippen molar-refractivity contribution in [1.29, 1.82) is 0 Å². The van der Waals surface area contributed by atoms with E-state index in [4.69, 9.17) is 4.74 Å². The number of hydrogen-bond donors (Lipinski definition) is 1. The molecule has 1 rings (SSSR count). The van der Waals surface area contributed by atoms with Crippen LogP contribution in [0, 0.1) is 5.82 Å². The minimum atomic E-state index is -0.766. The van der Waals surface area contributed by atoms with Crippen molar-refractivity contribution in [2.45, 2.75) is 18.9 Å². The SMILES string of the molecule is COCCCC(O)c1cc(Br)ccc1F. The molecule has 0 amide bonds. The molecule has 1 unspecified atom stereocenters. The Bertz CT molecular complexity index is 317. The average molecular weight is 277 g/mol. The topological polar surface area (TPSA) is 29.5 Å². The maximum atomic E-state index is 13.3. The van der Waals surface area contributed by atoms with E-state index in [1.54, 1.807) is 19.2 Å². The fourth-order valence-corrected chi connectivity index (χ4v) is 1.73. The van der Waals surface area contributed by atoms with Gasteiger partial charge in [0.25, 0.3) is 0 Å². The molecule has 84 valence electrons. The molecule has 1 atom stereocenters. The Morgan fingerprint density at radius 3 is 2.93 bits per heavy atom. The van der Waals surface area contributed by atoms with Crippen LogP contribution in [0.15, 0.2) is 22.7 Å². The third-order valence-corrected chi connectivity index (χ3v) is 2.64. The van der Waals surface area contributed by atoms with Crippen molar-refractivity contribution >= 4 is 15.9 Å². The lowest BCUT2D eigenvalue weighted by Gasteiger charge is -2.11. The molecule has 0 bridgehead atoms. The van der Waals surface area contributed by atoms with Gasteiger partial charge in [0.2, 0.25) is 0 Å². The van der Waals surface area contributed by atoms with Gasteiger partial charge >= 0.3 is 0 Å². The fraction of sp³-hybridized carbons (Fsp3) is 0.455. The lowest BCUT2D eigenvalue weighted by molar-refractivity contribution is 0.133. The van der Waals surface area contributed by atoms with Crippen molar-refractivity contribution in [2.75, 3.05) is 13.7 Å². The van der Waals surface area contributed by atoms with Gasteiger partial charge in [-0.2, -0.15) is 0 Å². The molecule has 2 nitrogen and oxygen atoms in total. The monoisotopic (exact) mass is 276 g/mol. The molecule has 1 aromatic rings. The van der Waals surface area contributed by atoms with Gasteiger partial charge in [-0.3, -0.25) is 0 Å². The molecule has 0 aliphatic heterocycles. The summed E-state index contributed by atoms with van der Waals surface area (Å²) < 4.78 is 19.0. The number of benzene rings is 1. The van der Waals surface area contributed by atoms with Crippen molar-refractivity contribution in [3.05, 3.63) is 34.1 Å². The molecular formula is C11H14BrFO2. The van der Waals surface area contributed by atoms with Crippen molar-refractivity contribution in [2.24, 2.45) is 0 Å². The highest BCUT2D eigenvalue weighted by Crippen LogP contribution is 2.24. The van der Waals surface area contributed by atoms with E-state index in [0.29, 0.717) is 25.0 Å². The van der Waals surface area contributed by atoms with Gasteiger partial charge in [0.05, 0.1) is 6.10 Å². The third kappa shape index (κ3) is 3.89. The zero-order valence-corrected chi connectivity index (χ0v) is 10.1. The van der Waals surface area contributed by atoms with Crippen LogP contribution in [0.3, 0.4) is 0 Å². The van der Waals surface area contributed by atoms with Crippen LogP contribution in [0.2, 0.25) is 0 Å². The summed E-state index contributed by atoms with van der Waals surface area (Å²) in [7, 11) is 1.60. The second-order valence-electron chi connectivity index (χ2n) is 3.32. The van der Waals surface area contributed by atoms with E-state index in [-0.39, 0.29) is 5.82 Å². The predicted octanol–water partition coefficient (Wildman–Crippen LogP) is 3.05. The number of rotatable bonds is 5. The molecule has 0 fully saturated rings. The standard InChI is InChI=1S/C11H14BrFO2/c1-15-6-2-3-11(14)9-7-8(12)4-5-10(9)13/h4-5,7,11,14H,2-3,6H2,1H3. The quantitative estimate of drug-likeness (QED) is 0.838. The second-order valence-corrected chi connectivity index (χ2v) is 4.23. The number of methoxy groups -OCH3 is 1. The Morgan fingerprint density at radius 1 is 1.53 bits per heavy atom. The van der Waals surface area contributed by atoms with Crippen LogP contribution in [-0.4, -0.2) is 18.8 Å². The molecule has 0 aliphatic rings. The number of halogens is 2.